The molecule has 0 spiro atoms. The lowest BCUT2D eigenvalue weighted by atomic mass is 10.0. The Kier molecular flexibility index (Phi) is 6.04. The summed E-state index contributed by atoms with van der Waals surface area (Å²) in [5.74, 6) is -0.300. The van der Waals surface area contributed by atoms with Crippen molar-refractivity contribution in [3.05, 3.63) is 83.5 Å². The SMILES string of the molecule is CCN(C(=O)Cc1ccccc1Cl)c1onc(-c2ccc(F)cc2)c1-c1ccncn1. The van der Waals surface area contributed by atoms with Crippen molar-refractivity contribution in [3.8, 4) is 22.5 Å². The average Bonchev–Trinajstić information content (AvgIpc) is 3.22. The van der Waals surface area contributed by atoms with Crippen LogP contribution in [0, 0.1) is 5.82 Å². The number of amides is 1. The van der Waals surface area contributed by atoms with Gasteiger partial charge in [-0.15, -0.1) is 0 Å². The lowest BCUT2D eigenvalue weighted by molar-refractivity contribution is -0.118. The smallest absolute Gasteiger partial charge is 0.244 e. The summed E-state index contributed by atoms with van der Waals surface area (Å²) in [5, 5.41) is 4.71. The molecule has 2 heterocycles. The summed E-state index contributed by atoms with van der Waals surface area (Å²) in [7, 11) is 0. The Morgan fingerprint density at radius 1 is 1.13 bits per heavy atom. The van der Waals surface area contributed by atoms with Gasteiger partial charge in [0.25, 0.3) is 0 Å². The molecule has 0 aliphatic heterocycles. The maximum absolute atomic E-state index is 13.4. The first-order chi connectivity index (χ1) is 15.1. The molecular weight excluding hydrogens is 419 g/mol. The van der Waals surface area contributed by atoms with Crippen molar-refractivity contribution in [2.75, 3.05) is 11.4 Å². The number of halogens is 2. The molecule has 2 aromatic carbocycles. The fraction of sp³-hybridized carbons (Fsp3) is 0.130. The molecule has 0 unspecified atom stereocenters. The zero-order valence-electron chi connectivity index (χ0n) is 16.6. The number of benzene rings is 2. The first-order valence-electron chi connectivity index (χ1n) is 9.64. The summed E-state index contributed by atoms with van der Waals surface area (Å²) in [5.41, 5.74) is 2.88. The van der Waals surface area contributed by atoms with Crippen molar-refractivity contribution in [3.63, 3.8) is 0 Å². The third-order valence-corrected chi connectivity index (χ3v) is 5.16. The second kappa shape index (κ2) is 9.06. The molecule has 0 radical (unpaired) electrons. The van der Waals surface area contributed by atoms with E-state index in [1.807, 2.05) is 25.1 Å². The van der Waals surface area contributed by atoms with E-state index in [0.29, 0.717) is 34.1 Å². The van der Waals surface area contributed by atoms with Gasteiger partial charge in [0, 0.05) is 23.3 Å². The lowest BCUT2D eigenvalue weighted by Gasteiger charge is -2.19. The highest BCUT2D eigenvalue weighted by atomic mass is 35.5. The van der Waals surface area contributed by atoms with E-state index in [1.165, 1.54) is 23.4 Å². The van der Waals surface area contributed by atoms with Crippen molar-refractivity contribution >= 4 is 23.4 Å². The second-order valence-electron chi connectivity index (χ2n) is 6.72. The minimum atomic E-state index is -0.360. The maximum atomic E-state index is 13.4. The van der Waals surface area contributed by atoms with Gasteiger partial charge in [0.05, 0.1) is 17.7 Å². The minimum Gasteiger partial charge on any atom is -0.337 e. The number of carbonyl (C=O) groups is 1. The highest BCUT2D eigenvalue weighted by molar-refractivity contribution is 6.31. The normalized spacial score (nSPS) is 10.8. The molecule has 0 fully saturated rings. The molecule has 0 bridgehead atoms. The summed E-state index contributed by atoms with van der Waals surface area (Å²) in [6.45, 7) is 2.19. The predicted molar refractivity (Wildman–Crippen MR) is 116 cm³/mol. The van der Waals surface area contributed by atoms with Gasteiger partial charge < -0.3 is 4.52 Å². The van der Waals surface area contributed by atoms with E-state index < -0.39 is 0 Å². The van der Waals surface area contributed by atoms with Crippen LogP contribution >= 0.6 is 11.6 Å². The van der Waals surface area contributed by atoms with Crippen LogP contribution in [0.1, 0.15) is 12.5 Å². The Morgan fingerprint density at radius 3 is 2.58 bits per heavy atom. The quantitative estimate of drug-likeness (QED) is 0.416. The molecule has 4 aromatic rings. The van der Waals surface area contributed by atoms with Gasteiger partial charge in [0.1, 0.15) is 17.8 Å². The molecule has 156 valence electrons. The molecule has 0 saturated heterocycles. The molecule has 0 saturated carbocycles. The standard InChI is InChI=1S/C23H18ClFN4O2/c1-2-29(20(30)13-16-5-3-4-6-18(16)24)23-21(19-11-12-26-14-27-19)22(28-31-23)15-7-9-17(25)10-8-15/h3-12,14H,2,13H2,1H3. The molecule has 4 rings (SSSR count). The van der Waals surface area contributed by atoms with Gasteiger partial charge in [-0.2, -0.15) is 0 Å². The molecule has 8 heteroatoms. The summed E-state index contributed by atoms with van der Waals surface area (Å²) in [6.07, 6.45) is 3.10. The van der Waals surface area contributed by atoms with Crippen molar-refractivity contribution in [1.82, 2.24) is 15.1 Å². The van der Waals surface area contributed by atoms with E-state index in [1.54, 1.807) is 30.5 Å². The Bertz CT molecular complexity index is 1200. The van der Waals surface area contributed by atoms with Crippen LogP contribution in [0.5, 0.6) is 0 Å². The van der Waals surface area contributed by atoms with Crippen LogP contribution in [0.25, 0.3) is 22.5 Å². The number of likely N-dealkylation sites (N-methyl/N-ethyl adjacent to an activating group) is 1. The summed E-state index contributed by atoms with van der Waals surface area (Å²) < 4.78 is 19.1. The largest absolute Gasteiger partial charge is 0.337 e. The van der Waals surface area contributed by atoms with E-state index in [4.69, 9.17) is 16.1 Å². The fourth-order valence-corrected chi connectivity index (χ4v) is 3.48. The molecule has 0 aliphatic rings. The monoisotopic (exact) mass is 436 g/mol. The summed E-state index contributed by atoms with van der Waals surface area (Å²) in [4.78, 5) is 22.9. The van der Waals surface area contributed by atoms with E-state index >= 15 is 0 Å². The number of hydrogen-bond donors (Lipinski definition) is 0. The van der Waals surface area contributed by atoms with Crippen molar-refractivity contribution in [2.45, 2.75) is 13.3 Å². The topological polar surface area (TPSA) is 72.1 Å². The first kappa shape index (κ1) is 20.7. The number of carbonyl (C=O) groups excluding carboxylic acids is 1. The summed E-state index contributed by atoms with van der Waals surface area (Å²) >= 11 is 6.23. The minimum absolute atomic E-state index is 0.101. The number of aromatic nitrogens is 3. The van der Waals surface area contributed by atoms with Gasteiger partial charge in [-0.1, -0.05) is 35.0 Å². The molecule has 2 aromatic heterocycles. The number of rotatable bonds is 6. The molecule has 0 aliphatic carbocycles. The second-order valence-corrected chi connectivity index (χ2v) is 7.13. The molecule has 1 amide bonds. The average molecular weight is 437 g/mol. The van der Waals surface area contributed by atoms with Crippen molar-refractivity contribution in [2.24, 2.45) is 0 Å². The van der Waals surface area contributed by atoms with Crippen LogP contribution in [0.4, 0.5) is 10.3 Å². The number of nitrogens with zero attached hydrogens (tertiary/aromatic N) is 4. The third kappa shape index (κ3) is 4.32. The molecule has 31 heavy (non-hydrogen) atoms. The predicted octanol–water partition coefficient (Wildman–Crippen LogP) is 5.19. The Balaban J connectivity index is 1.78. The van der Waals surface area contributed by atoms with E-state index in [9.17, 15) is 9.18 Å². The van der Waals surface area contributed by atoms with Crippen molar-refractivity contribution in [1.29, 1.82) is 0 Å². The molecule has 6 nitrogen and oxygen atoms in total. The molecule has 0 atom stereocenters. The van der Waals surface area contributed by atoms with Gasteiger partial charge in [-0.25, -0.2) is 14.4 Å². The highest BCUT2D eigenvalue weighted by Crippen LogP contribution is 2.39. The zero-order valence-corrected chi connectivity index (χ0v) is 17.4. The highest BCUT2D eigenvalue weighted by Gasteiger charge is 2.28. The first-order valence-corrected chi connectivity index (χ1v) is 10.0. The van der Waals surface area contributed by atoms with Crippen LogP contribution in [0.2, 0.25) is 5.02 Å². The van der Waals surface area contributed by atoms with Crippen LogP contribution in [-0.2, 0) is 11.2 Å². The van der Waals surface area contributed by atoms with Gasteiger partial charge >= 0.3 is 0 Å². The third-order valence-electron chi connectivity index (χ3n) is 4.79. The molecular formula is C23H18ClFN4O2. The maximum Gasteiger partial charge on any atom is 0.244 e. The van der Waals surface area contributed by atoms with E-state index in [2.05, 4.69) is 15.1 Å². The Labute approximate surface area is 183 Å². The van der Waals surface area contributed by atoms with Gasteiger partial charge in [-0.3, -0.25) is 9.69 Å². The van der Waals surface area contributed by atoms with Crippen LogP contribution in [0.3, 0.4) is 0 Å². The van der Waals surface area contributed by atoms with Crippen molar-refractivity contribution < 1.29 is 13.7 Å². The van der Waals surface area contributed by atoms with Gasteiger partial charge in [-0.05, 0) is 48.9 Å². The fourth-order valence-electron chi connectivity index (χ4n) is 3.27. The zero-order chi connectivity index (χ0) is 21.8. The van der Waals surface area contributed by atoms with E-state index in [-0.39, 0.29) is 24.0 Å². The van der Waals surface area contributed by atoms with Crippen LogP contribution < -0.4 is 4.90 Å². The lowest BCUT2D eigenvalue weighted by Crippen LogP contribution is -2.32. The molecule has 0 N–H and O–H groups in total. The number of hydrogen-bond acceptors (Lipinski definition) is 5. The Morgan fingerprint density at radius 2 is 1.90 bits per heavy atom. The van der Waals surface area contributed by atoms with Crippen LogP contribution in [-0.4, -0.2) is 27.6 Å². The summed E-state index contributed by atoms with van der Waals surface area (Å²) in [6, 6.07) is 14.8. The number of anilines is 1. The van der Waals surface area contributed by atoms with Crippen LogP contribution in [0.15, 0.2) is 71.6 Å². The van der Waals surface area contributed by atoms with E-state index in [0.717, 1.165) is 5.56 Å². The van der Waals surface area contributed by atoms with Gasteiger partial charge in [0.2, 0.25) is 11.8 Å². The van der Waals surface area contributed by atoms with Gasteiger partial charge in [0.15, 0.2) is 0 Å². The Hall–Kier alpha value is -3.58.